The summed E-state index contributed by atoms with van der Waals surface area (Å²) >= 11 is 0. The average Bonchev–Trinajstić information content (AvgIpc) is 2.90. The SMILES string of the molecule is Cc1ccc(S(=O)(=O)NCCNC(=O)N(C)Cc2c(C)noc2C)cc1. The maximum absolute atomic E-state index is 12.2. The highest BCUT2D eigenvalue weighted by atomic mass is 32.2. The summed E-state index contributed by atoms with van der Waals surface area (Å²) in [5.74, 6) is 0.674. The van der Waals surface area contributed by atoms with Crippen molar-refractivity contribution >= 4 is 16.1 Å². The van der Waals surface area contributed by atoms with Crippen LogP contribution in [-0.4, -0.2) is 44.6 Å². The van der Waals surface area contributed by atoms with Crippen molar-refractivity contribution in [2.75, 3.05) is 20.1 Å². The molecule has 8 nitrogen and oxygen atoms in total. The van der Waals surface area contributed by atoms with E-state index < -0.39 is 10.0 Å². The van der Waals surface area contributed by atoms with Crippen LogP contribution in [0.25, 0.3) is 0 Å². The van der Waals surface area contributed by atoms with Gasteiger partial charge in [0.05, 0.1) is 17.1 Å². The molecule has 26 heavy (non-hydrogen) atoms. The highest BCUT2D eigenvalue weighted by molar-refractivity contribution is 7.89. The van der Waals surface area contributed by atoms with E-state index >= 15 is 0 Å². The zero-order valence-corrected chi connectivity index (χ0v) is 16.2. The van der Waals surface area contributed by atoms with Crippen molar-refractivity contribution in [1.82, 2.24) is 20.1 Å². The van der Waals surface area contributed by atoms with Crippen LogP contribution in [-0.2, 0) is 16.6 Å². The quantitative estimate of drug-likeness (QED) is 0.712. The Bertz CT molecular complexity index is 840. The summed E-state index contributed by atoms with van der Waals surface area (Å²) in [6, 6.07) is 6.26. The molecule has 1 aromatic carbocycles. The summed E-state index contributed by atoms with van der Waals surface area (Å²) in [5.41, 5.74) is 2.59. The number of sulfonamides is 1. The van der Waals surface area contributed by atoms with Crippen molar-refractivity contribution in [3.8, 4) is 0 Å². The van der Waals surface area contributed by atoms with E-state index in [0.717, 1.165) is 16.8 Å². The third-order valence-electron chi connectivity index (χ3n) is 3.95. The van der Waals surface area contributed by atoms with Crippen molar-refractivity contribution in [2.45, 2.75) is 32.2 Å². The van der Waals surface area contributed by atoms with Crippen LogP contribution < -0.4 is 10.0 Å². The fourth-order valence-electron chi connectivity index (χ4n) is 2.33. The number of amides is 2. The van der Waals surface area contributed by atoms with E-state index in [2.05, 4.69) is 15.2 Å². The van der Waals surface area contributed by atoms with Gasteiger partial charge in [-0.25, -0.2) is 17.9 Å². The van der Waals surface area contributed by atoms with Crippen LogP contribution in [0.2, 0.25) is 0 Å². The Balaban J connectivity index is 1.80. The van der Waals surface area contributed by atoms with Gasteiger partial charge in [-0.3, -0.25) is 0 Å². The Labute approximate surface area is 153 Å². The van der Waals surface area contributed by atoms with Gasteiger partial charge in [0.15, 0.2) is 0 Å². The van der Waals surface area contributed by atoms with Crippen molar-refractivity contribution in [1.29, 1.82) is 0 Å². The molecule has 2 aromatic rings. The number of carbonyl (C=O) groups is 1. The number of hydrogen-bond acceptors (Lipinski definition) is 5. The van der Waals surface area contributed by atoms with Crippen LogP contribution in [0.15, 0.2) is 33.7 Å². The molecule has 0 radical (unpaired) electrons. The fourth-order valence-corrected chi connectivity index (χ4v) is 3.36. The second kappa shape index (κ2) is 8.33. The molecule has 0 aliphatic heterocycles. The van der Waals surface area contributed by atoms with Gasteiger partial charge in [-0.2, -0.15) is 0 Å². The van der Waals surface area contributed by atoms with Gasteiger partial charge in [-0.05, 0) is 32.9 Å². The van der Waals surface area contributed by atoms with E-state index in [4.69, 9.17) is 4.52 Å². The lowest BCUT2D eigenvalue weighted by molar-refractivity contribution is 0.207. The molecular weight excluding hydrogens is 356 g/mol. The van der Waals surface area contributed by atoms with Crippen molar-refractivity contribution in [2.24, 2.45) is 0 Å². The molecule has 0 saturated carbocycles. The zero-order valence-electron chi connectivity index (χ0n) is 15.4. The molecule has 2 amide bonds. The first-order valence-corrected chi connectivity index (χ1v) is 9.66. The Hall–Kier alpha value is -2.39. The monoisotopic (exact) mass is 380 g/mol. The van der Waals surface area contributed by atoms with Crippen LogP contribution in [0, 0.1) is 20.8 Å². The van der Waals surface area contributed by atoms with E-state index in [-0.39, 0.29) is 24.0 Å². The molecule has 2 rings (SSSR count). The lowest BCUT2D eigenvalue weighted by Gasteiger charge is -2.18. The van der Waals surface area contributed by atoms with Gasteiger partial charge in [-0.1, -0.05) is 22.9 Å². The zero-order chi connectivity index (χ0) is 19.3. The molecular formula is C17H24N4O4S. The number of aryl methyl sites for hydroxylation is 3. The first-order chi connectivity index (χ1) is 12.2. The van der Waals surface area contributed by atoms with Gasteiger partial charge < -0.3 is 14.7 Å². The summed E-state index contributed by atoms with van der Waals surface area (Å²) in [6.07, 6.45) is 0. The largest absolute Gasteiger partial charge is 0.361 e. The maximum Gasteiger partial charge on any atom is 0.317 e. The minimum atomic E-state index is -3.58. The average molecular weight is 380 g/mol. The molecule has 0 bridgehead atoms. The molecule has 0 unspecified atom stereocenters. The third-order valence-corrected chi connectivity index (χ3v) is 5.42. The van der Waals surface area contributed by atoms with Crippen molar-refractivity contribution in [3.63, 3.8) is 0 Å². The number of nitrogens with zero attached hydrogens (tertiary/aromatic N) is 2. The van der Waals surface area contributed by atoms with E-state index in [1.165, 1.54) is 4.90 Å². The van der Waals surface area contributed by atoms with Crippen LogP contribution >= 0.6 is 0 Å². The van der Waals surface area contributed by atoms with E-state index in [0.29, 0.717) is 12.3 Å². The standard InChI is InChI=1S/C17H24N4O4S/c1-12-5-7-15(8-6-12)26(23,24)19-10-9-18-17(22)21(4)11-16-13(2)20-25-14(16)3/h5-8,19H,9-11H2,1-4H3,(H,18,22). The number of hydrogen-bond donors (Lipinski definition) is 2. The molecule has 0 spiro atoms. The number of nitrogens with one attached hydrogen (secondary N) is 2. The first-order valence-electron chi connectivity index (χ1n) is 8.18. The predicted molar refractivity (Wildman–Crippen MR) is 97.2 cm³/mol. The third kappa shape index (κ3) is 5.06. The van der Waals surface area contributed by atoms with Crippen LogP contribution in [0.4, 0.5) is 4.79 Å². The Kier molecular flexibility index (Phi) is 6.38. The smallest absolute Gasteiger partial charge is 0.317 e. The summed E-state index contributed by atoms with van der Waals surface area (Å²) in [7, 11) is -1.93. The molecule has 0 saturated heterocycles. The Morgan fingerprint density at radius 3 is 2.38 bits per heavy atom. The first kappa shape index (κ1) is 19.9. The Morgan fingerprint density at radius 1 is 1.15 bits per heavy atom. The number of carbonyl (C=O) groups excluding carboxylic acids is 1. The van der Waals surface area contributed by atoms with Crippen LogP contribution in [0.1, 0.15) is 22.6 Å². The molecule has 0 aliphatic carbocycles. The Morgan fingerprint density at radius 2 is 1.81 bits per heavy atom. The highest BCUT2D eigenvalue weighted by Crippen LogP contribution is 2.14. The lowest BCUT2D eigenvalue weighted by Crippen LogP contribution is -2.41. The molecule has 1 heterocycles. The lowest BCUT2D eigenvalue weighted by atomic mass is 10.2. The topological polar surface area (TPSA) is 105 Å². The minimum absolute atomic E-state index is 0.0983. The fraction of sp³-hybridized carbons (Fsp3) is 0.412. The van der Waals surface area contributed by atoms with Gasteiger partial charge in [0.25, 0.3) is 0 Å². The van der Waals surface area contributed by atoms with Crippen LogP contribution in [0.5, 0.6) is 0 Å². The van der Waals surface area contributed by atoms with Gasteiger partial charge in [0.2, 0.25) is 10.0 Å². The number of aromatic nitrogens is 1. The summed E-state index contributed by atoms with van der Waals surface area (Å²) < 4.78 is 31.9. The summed E-state index contributed by atoms with van der Waals surface area (Å²) in [4.78, 5) is 13.8. The summed E-state index contributed by atoms with van der Waals surface area (Å²) in [5, 5.41) is 6.53. The number of rotatable bonds is 7. The van der Waals surface area contributed by atoms with E-state index in [1.807, 2.05) is 13.8 Å². The van der Waals surface area contributed by atoms with Gasteiger partial charge in [-0.15, -0.1) is 0 Å². The number of urea groups is 1. The molecule has 1 aromatic heterocycles. The van der Waals surface area contributed by atoms with Gasteiger partial charge >= 0.3 is 6.03 Å². The number of benzene rings is 1. The second-order valence-corrected chi connectivity index (χ2v) is 7.87. The molecule has 0 atom stereocenters. The van der Waals surface area contributed by atoms with E-state index in [9.17, 15) is 13.2 Å². The molecule has 0 fully saturated rings. The molecule has 0 aliphatic rings. The van der Waals surface area contributed by atoms with Gasteiger partial charge in [0.1, 0.15) is 5.76 Å². The van der Waals surface area contributed by atoms with Crippen LogP contribution in [0.3, 0.4) is 0 Å². The summed E-state index contributed by atoms with van der Waals surface area (Å²) in [6.45, 7) is 6.13. The normalized spacial score (nSPS) is 11.4. The van der Waals surface area contributed by atoms with Gasteiger partial charge in [0, 0.05) is 25.7 Å². The molecule has 142 valence electrons. The maximum atomic E-state index is 12.2. The van der Waals surface area contributed by atoms with Crippen molar-refractivity contribution < 1.29 is 17.7 Å². The predicted octanol–water partition coefficient (Wildman–Crippen LogP) is 1.72. The van der Waals surface area contributed by atoms with E-state index in [1.54, 1.807) is 38.2 Å². The van der Waals surface area contributed by atoms with Crippen molar-refractivity contribution in [3.05, 3.63) is 46.8 Å². The highest BCUT2D eigenvalue weighted by Gasteiger charge is 2.16. The molecule has 9 heteroatoms. The second-order valence-electron chi connectivity index (χ2n) is 6.10. The minimum Gasteiger partial charge on any atom is -0.361 e. The molecule has 2 N–H and O–H groups in total.